The highest BCUT2D eigenvalue weighted by Crippen LogP contribution is 2.34. The summed E-state index contributed by atoms with van der Waals surface area (Å²) in [5.74, 6) is 1.14. The summed E-state index contributed by atoms with van der Waals surface area (Å²) in [6.45, 7) is 0.217. The molecular weight excluding hydrogens is 262 g/mol. The summed E-state index contributed by atoms with van der Waals surface area (Å²) in [5, 5.41) is 2.81. The van der Waals surface area contributed by atoms with Crippen LogP contribution in [0.25, 0.3) is 0 Å². The van der Waals surface area contributed by atoms with E-state index in [9.17, 15) is 4.79 Å². The lowest BCUT2D eigenvalue weighted by Crippen LogP contribution is -2.11. The fourth-order valence-electron chi connectivity index (χ4n) is 1.82. The minimum Gasteiger partial charge on any atom is -0.454 e. The molecule has 4 nitrogen and oxygen atoms in total. The summed E-state index contributed by atoms with van der Waals surface area (Å²) in [6.07, 6.45) is 0. The summed E-state index contributed by atoms with van der Waals surface area (Å²) >= 11 is 4.21. The Hall–Kier alpha value is -2.14. The lowest BCUT2D eigenvalue weighted by atomic mass is 10.2. The van der Waals surface area contributed by atoms with Crippen LogP contribution in [0.2, 0.25) is 0 Å². The number of fused-ring (bicyclic) bond motifs is 1. The number of rotatable bonds is 2. The lowest BCUT2D eigenvalue weighted by Gasteiger charge is -2.06. The first-order valence-electron chi connectivity index (χ1n) is 5.72. The Morgan fingerprint density at radius 3 is 2.79 bits per heavy atom. The van der Waals surface area contributed by atoms with Crippen molar-refractivity contribution in [1.82, 2.24) is 0 Å². The summed E-state index contributed by atoms with van der Waals surface area (Å²) in [7, 11) is 0. The molecular formula is C14H11NO3S. The molecule has 96 valence electrons. The van der Waals surface area contributed by atoms with Gasteiger partial charge in [0.05, 0.1) is 0 Å². The van der Waals surface area contributed by atoms with E-state index in [0.29, 0.717) is 22.7 Å². The minimum atomic E-state index is -0.185. The Kier molecular flexibility index (Phi) is 3.05. The number of benzene rings is 2. The first-order chi connectivity index (χ1) is 9.22. The van der Waals surface area contributed by atoms with Gasteiger partial charge in [0, 0.05) is 22.2 Å². The van der Waals surface area contributed by atoms with Crippen molar-refractivity contribution in [2.45, 2.75) is 4.90 Å². The molecule has 0 saturated carbocycles. The fourth-order valence-corrected chi connectivity index (χ4v) is 2.05. The Morgan fingerprint density at radius 1 is 1.11 bits per heavy atom. The molecule has 3 rings (SSSR count). The second kappa shape index (κ2) is 4.85. The number of carbonyl (C=O) groups is 1. The van der Waals surface area contributed by atoms with Crippen LogP contribution in [0.15, 0.2) is 47.4 Å². The van der Waals surface area contributed by atoms with E-state index in [1.165, 1.54) is 0 Å². The molecule has 2 aromatic carbocycles. The maximum Gasteiger partial charge on any atom is 0.255 e. The van der Waals surface area contributed by atoms with Gasteiger partial charge in [-0.1, -0.05) is 6.07 Å². The van der Waals surface area contributed by atoms with Gasteiger partial charge in [0.1, 0.15) is 0 Å². The Bertz CT molecular complexity index is 642. The Morgan fingerprint density at radius 2 is 1.95 bits per heavy atom. The minimum absolute atomic E-state index is 0.185. The predicted octanol–water partition coefficient (Wildman–Crippen LogP) is 2.96. The molecule has 0 fully saturated rings. The van der Waals surface area contributed by atoms with Gasteiger partial charge in [-0.25, -0.2) is 0 Å². The molecule has 0 saturated heterocycles. The zero-order chi connectivity index (χ0) is 13.2. The fraction of sp³-hybridized carbons (Fsp3) is 0.0714. The molecule has 0 radical (unpaired) electrons. The van der Waals surface area contributed by atoms with Crippen molar-refractivity contribution in [3.8, 4) is 11.5 Å². The van der Waals surface area contributed by atoms with E-state index in [-0.39, 0.29) is 12.7 Å². The Balaban J connectivity index is 1.80. The molecule has 0 aliphatic carbocycles. The zero-order valence-electron chi connectivity index (χ0n) is 9.92. The molecule has 0 aromatic heterocycles. The van der Waals surface area contributed by atoms with Crippen molar-refractivity contribution in [3.63, 3.8) is 0 Å². The van der Waals surface area contributed by atoms with E-state index in [0.717, 1.165) is 4.90 Å². The standard InChI is InChI=1S/C14H11NO3S/c16-14(9-2-1-3-11(19)6-9)15-10-4-5-12-13(7-10)18-8-17-12/h1-7,19H,8H2,(H,15,16). The highest BCUT2D eigenvalue weighted by atomic mass is 32.1. The van der Waals surface area contributed by atoms with Gasteiger partial charge in [-0.3, -0.25) is 4.79 Å². The topological polar surface area (TPSA) is 47.6 Å². The second-order valence-electron chi connectivity index (χ2n) is 4.07. The van der Waals surface area contributed by atoms with Gasteiger partial charge < -0.3 is 14.8 Å². The first-order valence-corrected chi connectivity index (χ1v) is 6.17. The van der Waals surface area contributed by atoms with E-state index in [1.54, 1.807) is 36.4 Å². The van der Waals surface area contributed by atoms with Gasteiger partial charge in [-0.2, -0.15) is 0 Å². The molecule has 0 unspecified atom stereocenters. The average Bonchev–Trinajstić information content (AvgIpc) is 2.86. The van der Waals surface area contributed by atoms with E-state index >= 15 is 0 Å². The third kappa shape index (κ3) is 2.51. The van der Waals surface area contributed by atoms with Crippen molar-refractivity contribution < 1.29 is 14.3 Å². The quantitative estimate of drug-likeness (QED) is 0.827. The van der Waals surface area contributed by atoms with Crippen molar-refractivity contribution >= 4 is 24.2 Å². The van der Waals surface area contributed by atoms with Crippen molar-refractivity contribution in [1.29, 1.82) is 0 Å². The van der Waals surface area contributed by atoms with Crippen LogP contribution >= 0.6 is 12.6 Å². The second-order valence-corrected chi connectivity index (χ2v) is 4.59. The van der Waals surface area contributed by atoms with Gasteiger partial charge in [-0.05, 0) is 30.3 Å². The Labute approximate surface area is 115 Å². The third-order valence-electron chi connectivity index (χ3n) is 2.74. The zero-order valence-corrected chi connectivity index (χ0v) is 10.8. The maximum atomic E-state index is 12.0. The van der Waals surface area contributed by atoms with Crippen LogP contribution in [0.5, 0.6) is 11.5 Å². The predicted molar refractivity (Wildman–Crippen MR) is 74.2 cm³/mol. The van der Waals surface area contributed by atoms with Crippen LogP contribution in [0, 0.1) is 0 Å². The largest absolute Gasteiger partial charge is 0.454 e. The van der Waals surface area contributed by atoms with Crippen molar-refractivity contribution in [2.75, 3.05) is 12.1 Å². The smallest absolute Gasteiger partial charge is 0.255 e. The number of ether oxygens (including phenoxy) is 2. The van der Waals surface area contributed by atoms with Crippen LogP contribution < -0.4 is 14.8 Å². The van der Waals surface area contributed by atoms with E-state index in [4.69, 9.17) is 9.47 Å². The van der Waals surface area contributed by atoms with E-state index < -0.39 is 0 Å². The molecule has 1 aliphatic rings. The van der Waals surface area contributed by atoms with Gasteiger partial charge in [0.15, 0.2) is 11.5 Å². The SMILES string of the molecule is O=C(Nc1ccc2c(c1)OCO2)c1cccc(S)c1. The van der Waals surface area contributed by atoms with E-state index in [1.807, 2.05) is 6.07 Å². The normalized spacial score (nSPS) is 12.3. The highest BCUT2D eigenvalue weighted by Gasteiger charge is 2.14. The van der Waals surface area contributed by atoms with Crippen LogP contribution in [0.1, 0.15) is 10.4 Å². The molecule has 1 amide bonds. The molecule has 0 bridgehead atoms. The molecule has 2 aromatic rings. The summed E-state index contributed by atoms with van der Waals surface area (Å²) < 4.78 is 10.5. The molecule has 5 heteroatoms. The van der Waals surface area contributed by atoms with Gasteiger partial charge in [0.2, 0.25) is 6.79 Å². The van der Waals surface area contributed by atoms with Crippen LogP contribution in [-0.4, -0.2) is 12.7 Å². The van der Waals surface area contributed by atoms with Crippen LogP contribution in [-0.2, 0) is 0 Å². The van der Waals surface area contributed by atoms with Crippen LogP contribution in [0.3, 0.4) is 0 Å². The number of carbonyl (C=O) groups excluding carboxylic acids is 1. The maximum absolute atomic E-state index is 12.0. The van der Waals surface area contributed by atoms with Crippen molar-refractivity contribution in [2.24, 2.45) is 0 Å². The molecule has 1 aliphatic heterocycles. The number of thiol groups is 1. The van der Waals surface area contributed by atoms with Gasteiger partial charge in [0.25, 0.3) is 5.91 Å². The molecule has 1 heterocycles. The summed E-state index contributed by atoms with van der Waals surface area (Å²) in [4.78, 5) is 12.8. The summed E-state index contributed by atoms with van der Waals surface area (Å²) in [6, 6.07) is 12.3. The van der Waals surface area contributed by atoms with Crippen molar-refractivity contribution in [3.05, 3.63) is 48.0 Å². The molecule has 1 N–H and O–H groups in total. The molecule has 19 heavy (non-hydrogen) atoms. The average molecular weight is 273 g/mol. The van der Waals surface area contributed by atoms with Crippen LogP contribution in [0.4, 0.5) is 5.69 Å². The number of hydrogen-bond acceptors (Lipinski definition) is 4. The third-order valence-corrected chi connectivity index (χ3v) is 3.02. The molecule has 0 spiro atoms. The number of amides is 1. The highest BCUT2D eigenvalue weighted by molar-refractivity contribution is 7.80. The lowest BCUT2D eigenvalue weighted by molar-refractivity contribution is 0.102. The summed E-state index contributed by atoms with van der Waals surface area (Å²) in [5.41, 5.74) is 1.23. The van der Waals surface area contributed by atoms with Gasteiger partial charge in [-0.15, -0.1) is 12.6 Å². The molecule has 0 atom stereocenters. The van der Waals surface area contributed by atoms with E-state index in [2.05, 4.69) is 17.9 Å². The number of hydrogen-bond donors (Lipinski definition) is 2. The number of nitrogens with one attached hydrogen (secondary N) is 1. The monoisotopic (exact) mass is 273 g/mol. The number of anilines is 1. The first kappa shape index (κ1) is 11.9. The van der Waals surface area contributed by atoms with Gasteiger partial charge >= 0.3 is 0 Å².